The van der Waals surface area contributed by atoms with Crippen LogP contribution in [0.3, 0.4) is 0 Å². The largest absolute Gasteiger partial charge is 0.396 e. The molecule has 10 heteroatoms. The Balaban J connectivity index is 1.48. The SMILES string of the molecule is CS(=O)(=O)NCCCC#Cc1ccc(N2C(=O)[C@H](CC[C@H](O)c3ccc(F)cc3)[C@H]2c2ccc(/C=C/CC(CO)CO)cc2)cc1. The van der Waals surface area contributed by atoms with Crippen LogP contribution in [0.2, 0.25) is 0 Å². The molecule has 1 aliphatic rings. The van der Waals surface area contributed by atoms with E-state index in [1.165, 1.54) is 12.1 Å². The topological polar surface area (TPSA) is 127 Å². The van der Waals surface area contributed by atoms with Crippen LogP contribution in [-0.4, -0.2) is 55.7 Å². The Hall–Kier alpha value is -3.85. The van der Waals surface area contributed by atoms with Crippen LogP contribution in [-0.2, 0) is 14.8 Å². The fourth-order valence-electron chi connectivity index (χ4n) is 5.40. The molecule has 0 radical (unpaired) electrons. The van der Waals surface area contributed by atoms with Crippen molar-refractivity contribution in [3.63, 3.8) is 0 Å². The highest BCUT2D eigenvalue weighted by atomic mass is 32.2. The van der Waals surface area contributed by atoms with Crippen molar-refractivity contribution in [2.75, 3.05) is 30.9 Å². The van der Waals surface area contributed by atoms with Gasteiger partial charge in [0.25, 0.3) is 0 Å². The third-order valence-electron chi connectivity index (χ3n) is 8.01. The molecule has 8 nitrogen and oxygen atoms in total. The van der Waals surface area contributed by atoms with E-state index in [-0.39, 0.29) is 42.8 Å². The Labute approximate surface area is 270 Å². The highest BCUT2D eigenvalue weighted by molar-refractivity contribution is 7.88. The summed E-state index contributed by atoms with van der Waals surface area (Å²) in [5, 5.41) is 29.3. The van der Waals surface area contributed by atoms with Crippen LogP contribution in [0.4, 0.5) is 10.1 Å². The van der Waals surface area contributed by atoms with E-state index in [2.05, 4.69) is 16.6 Å². The molecule has 1 amide bonds. The number of β-lactam (4-membered cyclic amide) rings is 1. The van der Waals surface area contributed by atoms with Crippen molar-refractivity contribution in [3.05, 3.63) is 107 Å². The number of allylic oxidation sites excluding steroid dienone is 1. The summed E-state index contributed by atoms with van der Waals surface area (Å²) in [6, 6.07) is 20.8. The van der Waals surface area contributed by atoms with E-state index in [0.717, 1.165) is 28.6 Å². The molecule has 46 heavy (non-hydrogen) atoms. The molecule has 0 aromatic heterocycles. The molecule has 4 N–H and O–H groups in total. The van der Waals surface area contributed by atoms with Gasteiger partial charge in [-0.15, -0.1) is 0 Å². The fourth-order valence-corrected chi connectivity index (χ4v) is 5.92. The predicted octanol–water partition coefficient (Wildman–Crippen LogP) is 4.73. The number of hydrogen-bond donors (Lipinski definition) is 4. The second kappa shape index (κ2) is 16.6. The summed E-state index contributed by atoms with van der Waals surface area (Å²) in [5.41, 5.74) is 4.02. The van der Waals surface area contributed by atoms with Gasteiger partial charge >= 0.3 is 0 Å². The van der Waals surface area contributed by atoms with E-state index in [1.807, 2.05) is 60.7 Å². The number of aliphatic hydroxyl groups excluding tert-OH is 3. The smallest absolute Gasteiger partial charge is 0.233 e. The van der Waals surface area contributed by atoms with Gasteiger partial charge in [-0.1, -0.05) is 60.4 Å². The average molecular weight is 649 g/mol. The molecule has 3 aromatic rings. The van der Waals surface area contributed by atoms with Crippen LogP contribution < -0.4 is 9.62 Å². The molecular weight excluding hydrogens is 607 g/mol. The maximum atomic E-state index is 13.6. The van der Waals surface area contributed by atoms with Crippen molar-refractivity contribution >= 4 is 27.7 Å². The molecule has 0 unspecified atom stereocenters. The molecule has 0 bridgehead atoms. The molecular formula is C36H41FN2O6S. The lowest BCUT2D eigenvalue weighted by atomic mass is 9.78. The summed E-state index contributed by atoms with van der Waals surface area (Å²) in [6.45, 7) is 0.167. The predicted molar refractivity (Wildman–Crippen MR) is 177 cm³/mol. The first-order valence-corrected chi connectivity index (χ1v) is 17.3. The second-order valence-corrected chi connectivity index (χ2v) is 13.4. The van der Waals surface area contributed by atoms with E-state index in [9.17, 15) is 32.9 Å². The lowest BCUT2D eigenvalue weighted by Gasteiger charge is -2.48. The summed E-state index contributed by atoms with van der Waals surface area (Å²) in [6.07, 6.45) is 6.63. The van der Waals surface area contributed by atoms with Gasteiger partial charge in [0.15, 0.2) is 0 Å². The highest BCUT2D eigenvalue weighted by Gasteiger charge is 2.48. The van der Waals surface area contributed by atoms with Crippen molar-refractivity contribution in [1.29, 1.82) is 0 Å². The van der Waals surface area contributed by atoms with E-state index in [4.69, 9.17) is 0 Å². The van der Waals surface area contributed by atoms with Gasteiger partial charge in [-0.3, -0.25) is 4.79 Å². The van der Waals surface area contributed by atoms with Crippen molar-refractivity contribution in [2.24, 2.45) is 11.8 Å². The van der Waals surface area contributed by atoms with Crippen molar-refractivity contribution in [3.8, 4) is 11.8 Å². The summed E-state index contributed by atoms with van der Waals surface area (Å²) in [7, 11) is -3.21. The Morgan fingerprint density at radius 1 is 1.00 bits per heavy atom. The fraction of sp³-hybridized carbons (Fsp3) is 0.361. The molecule has 3 atom stereocenters. The van der Waals surface area contributed by atoms with Gasteiger partial charge in [-0.2, -0.15) is 0 Å². The first-order chi connectivity index (χ1) is 22.1. The minimum Gasteiger partial charge on any atom is -0.396 e. The summed E-state index contributed by atoms with van der Waals surface area (Å²) in [4.78, 5) is 15.3. The molecule has 0 spiro atoms. The van der Waals surface area contributed by atoms with Crippen LogP contribution >= 0.6 is 0 Å². The minimum atomic E-state index is -3.21. The number of carbonyl (C=O) groups is 1. The molecule has 1 heterocycles. The second-order valence-electron chi connectivity index (χ2n) is 11.6. The van der Waals surface area contributed by atoms with Crippen LogP contribution in [0.15, 0.2) is 78.9 Å². The van der Waals surface area contributed by atoms with Crippen molar-refractivity contribution in [2.45, 2.75) is 44.2 Å². The Bertz CT molecular complexity index is 1630. The zero-order valence-electron chi connectivity index (χ0n) is 25.8. The summed E-state index contributed by atoms with van der Waals surface area (Å²) < 4.78 is 38.2. The van der Waals surface area contributed by atoms with Gasteiger partial charge in [0, 0.05) is 43.3 Å². The summed E-state index contributed by atoms with van der Waals surface area (Å²) >= 11 is 0. The van der Waals surface area contributed by atoms with E-state index < -0.39 is 16.1 Å². The molecule has 244 valence electrons. The lowest BCUT2D eigenvalue weighted by Crippen LogP contribution is -2.55. The number of carbonyl (C=O) groups excluding carboxylic acids is 1. The molecule has 3 aromatic carbocycles. The van der Waals surface area contributed by atoms with Gasteiger partial charge in [-0.25, -0.2) is 17.5 Å². The molecule has 1 fully saturated rings. The lowest BCUT2D eigenvalue weighted by molar-refractivity contribution is -0.131. The molecule has 1 saturated heterocycles. The zero-order chi connectivity index (χ0) is 33.1. The van der Waals surface area contributed by atoms with Gasteiger partial charge < -0.3 is 20.2 Å². The number of rotatable bonds is 15. The van der Waals surface area contributed by atoms with Crippen LogP contribution in [0, 0.1) is 29.5 Å². The van der Waals surface area contributed by atoms with Crippen LogP contribution in [0.1, 0.15) is 66.5 Å². The Morgan fingerprint density at radius 2 is 1.67 bits per heavy atom. The standard InChI is InChI=1S/C36H41FN2O6S/c1-46(44,45)38-23-4-2-3-6-26-11-19-32(20-12-26)39-35(30-13-9-27(10-14-30)7-5-8-28(24-40)25-41)33(36(39)43)21-22-34(42)29-15-17-31(37)18-16-29/h5,7,9-20,28,33-35,38,40-42H,2,4,8,21-25H2,1H3/b7-5+/t33-,34+,35-/m1/s1. The van der Waals surface area contributed by atoms with E-state index in [0.29, 0.717) is 44.2 Å². The van der Waals surface area contributed by atoms with Crippen molar-refractivity contribution < 1.29 is 32.9 Å². The Morgan fingerprint density at radius 3 is 2.30 bits per heavy atom. The number of nitrogens with zero attached hydrogens (tertiary/aromatic N) is 1. The molecule has 0 aliphatic carbocycles. The van der Waals surface area contributed by atoms with Gasteiger partial charge in [-0.05, 0) is 78.8 Å². The van der Waals surface area contributed by atoms with Gasteiger partial charge in [0.2, 0.25) is 15.9 Å². The van der Waals surface area contributed by atoms with E-state index >= 15 is 0 Å². The average Bonchev–Trinajstić information content (AvgIpc) is 3.04. The summed E-state index contributed by atoms with van der Waals surface area (Å²) in [5.74, 6) is 5.16. The first kappa shape index (κ1) is 35.0. The first-order valence-electron chi connectivity index (χ1n) is 15.4. The number of amides is 1. The van der Waals surface area contributed by atoms with Gasteiger partial charge in [0.05, 0.1) is 24.3 Å². The van der Waals surface area contributed by atoms with E-state index in [1.54, 1.807) is 17.0 Å². The number of hydrogen-bond acceptors (Lipinski definition) is 6. The maximum absolute atomic E-state index is 13.6. The van der Waals surface area contributed by atoms with Gasteiger partial charge in [0.1, 0.15) is 5.82 Å². The number of halogens is 1. The maximum Gasteiger partial charge on any atom is 0.233 e. The molecule has 1 aliphatic heterocycles. The monoisotopic (exact) mass is 648 g/mol. The number of sulfonamides is 1. The molecule has 4 rings (SSSR count). The molecule has 0 saturated carbocycles. The minimum absolute atomic E-state index is 0.0449. The number of benzene rings is 3. The van der Waals surface area contributed by atoms with Crippen LogP contribution in [0.5, 0.6) is 0 Å². The number of unbranched alkanes of at least 4 members (excludes halogenated alkanes) is 1. The quantitative estimate of drug-likeness (QED) is 0.107. The Kier molecular flexibility index (Phi) is 12.7. The zero-order valence-corrected chi connectivity index (χ0v) is 26.7. The number of anilines is 1. The number of nitrogens with one attached hydrogen (secondary N) is 1. The highest BCUT2D eigenvalue weighted by Crippen LogP contribution is 2.46. The normalized spacial score (nSPS) is 17.2. The van der Waals surface area contributed by atoms with Crippen LogP contribution in [0.25, 0.3) is 6.08 Å². The third kappa shape index (κ3) is 9.82. The number of aliphatic hydroxyl groups is 3. The van der Waals surface area contributed by atoms with Crippen molar-refractivity contribution in [1.82, 2.24) is 4.72 Å². The third-order valence-corrected chi connectivity index (χ3v) is 8.74.